The number of fused-ring (bicyclic) bond motifs is 3. The fraction of sp³-hybridized carbons (Fsp3) is 0.400. The summed E-state index contributed by atoms with van der Waals surface area (Å²) in [6, 6.07) is 1.98. The molecule has 0 amide bonds. The number of hydrogen-bond donors (Lipinski definition) is 0. The van der Waals surface area contributed by atoms with Gasteiger partial charge in [0.2, 0.25) is 0 Å². The van der Waals surface area contributed by atoms with Gasteiger partial charge in [-0.1, -0.05) is 0 Å². The molecule has 1 aliphatic rings. The minimum absolute atomic E-state index is 0.943. The van der Waals surface area contributed by atoms with Crippen LogP contribution in [-0.4, -0.2) is 26.5 Å². The maximum Gasteiger partial charge on any atom is 0.160 e. The fourth-order valence-electron chi connectivity index (χ4n) is 2.02. The van der Waals surface area contributed by atoms with Gasteiger partial charge < -0.3 is 0 Å². The molecular weight excluding hydrogens is 176 g/mol. The van der Waals surface area contributed by atoms with Gasteiger partial charge in [-0.3, -0.25) is 4.90 Å². The Balaban J connectivity index is 2.33. The summed E-state index contributed by atoms with van der Waals surface area (Å²) in [5, 5.41) is 4.56. The summed E-state index contributed by atoms with van der Waals surface area (Å²) in [4.78, 5) is 6.63. The zero-order valence-corrected chi connectivity index (χ0v) is 8.36. The van der Waals surface area contributed by atoms with Crippen LogP contribution in [-0.2, 0) is 13.1 Å². The molecule has 0 atom stereocenters. The molecule has 1 aliphatic heterocycles. The van der Waals surface area contributed by atoms with Crippen molar-refractivity contribution >= 4 is 5.65 Å². The van der Waals surface area contributed by atoms with Gasteiger partial charge in [0.15, 0.2) is 5.65 Å². The van der Waals surface area contributed by atoms with Crippen LogP contribution in [0.2, 0.25) is 0 Å². The Morgan fingerprint density at radius 3 is 3.07 bits per heavy atom. The normalized spacial score (nSPS) is 16.4. The first-order valence-corrected chi connectivity index (χ1v) is 4.76. The Kier molecular flexibility index (Phi) is 1.44. The SMILES string of the molecule is Cc1ccnc2c3c(nn12)CN(C)C3. The van der Waals surface area contributed by atoms with Crippen molar-refractivity contribution in [3.8, 4) is 0 Å². The summed E-state index contributed by atoms with van der Waals surface area (Å²) in [6.07, 6.45) is 1.85. The molecule has 4 heteroatoms. The molecular formula is C10H12N4. The van der Waals surface area contributed by atoms with Crippen LogP contribution in [0.25, 0.3) is 5.65 Å². The minimum atomic E-state index is 0.943. The van der Waals surface area contributed by atoms with Gasteiger partial charge in [-0.15, -0.1) is 0 Å². The van der Waals surface area contributed by atoms with E-state index >= 15 is 0 Å². The van der Waals surface area contributed by atoms with Crippen molar-refractivity contribution in [2.24, 2.45) is 0 Å². The third-order valence-electron chi connectivity index (χ3n) is 2.73. The van der Waals surface area contributed by atoms with Crippen molar-refractivity contribution in [1.82, 2.24) is 19.5 Å². The average molecular weight is 188 g/mol. The van der Waals surface area contributed by atoms with Crippen LogP contribution in [0.1, 0.15) is 17.0 Å². The van der Waals surface area contributed by atoms with E-state index in [4.69, 9.17) is 0 Å². The lowest BCUT2D eigenvalue weighted by molar-refractivity contribution is 0.348. The minimum Gasteiger partial charge on any atom is -0.296 e. The van der Waals surface area contributed by atoms with Crippen molar-refractivity contribution in [2.75, 3.05) is 7.05 Å². The third kappa shape index (κ3) is 0.915. The van der Waals surface area contributed by atoms with Crippen molar-refractivity contribution in [1.29, 1.82) is 0 Å². The lowest BCUT2D eigenvalue weighted by Gasteiger charge is -2.05. The van der Waals surface area contributed by atoms with E-state index in [2.05, 4.69) is 29.0 Å². The van der Waals surface area contributed by atoms with Gasteiger partial charge in [-0.05, 0) is 20.0 Å². The molecule has 72 valence electrons. The molecule has 3 rings (SSSR count). The molecule has 2 aromatic rings. The second-order valence-corrected chi connectivity index (χ2v) is 3.92. The number of aryl methyl sites for hydroxylation is 1. The van der Waals surface area contributed by atoms with Crippen LogP contribution in [0.5, 0.6) is 0 Å². The predicted octanol–water partition coefficient (Wildman–Crippen LogP) is 0.983. The van der Waals surface area contributed by atoms with Crippen LogP contribution >= 0.6 is 0 Å². The largest absolute Gasteiger partial charge is 0.296 e. The molecule has 0 radical (unpaired) electrons. The average Bonchev–Trinajstić information content (AvgIpc) is 2.63. The standard InChI is InChI=1S/C10H12N4/c1-7-3-4-11-10-8-5-13(2)6-9(8)12-14(7)10/h3-4H,5-6H2,1-2H3. The maximum absolute atomic E-state index is 4.56. The first-order valence-electron chi connectivity index (χ1n) is 4.76. The van der Waals surface area contributed by atoms with E-state index in [1.807, 2.05) is 16.8 Å². The van der Waals surface area contributed by atoms with E-state index < -0.39 is 0 Å². The second-order valence-electron chi connectivity index (χ2n) is 3.92. The first kappa shape index (κ1) is 7.94. The Morgan fingerprint density at radius 2 is 2.21 bits per heavy atom. The summed E-state index contributed by atoms with van der Waals surface area (Å²) in [6.45, 7) is 3.97. The lowest BCUT2D eigenvalue weighted by atomic mass is 10.3. The van der Waals surface area contributed by atoms with E-state index in [9.17, 15) is 0 Å². The molecule has 0 aromatic carbocycles. The summed E-state index contributed by atoms with van der Waals surface area (Å²) in [5.74, 6) is 0. The van der Waals surface area contributed by atoms with Gasteiger partial charge in [0.1, 0.15) is 0 Å². The summed E-state index contributed by atoms with van der Waals surface area (Å²) >= 11 is 0. The van der Waals surface area contributed by atoms with Crippen LogP contribution in [0, 0.1) is 6.92 Å². The van der Waals surface area contributed by atoms with E-state index in [1.165, 1.54) is 11.3 Å². The highest BCUT2D eigenvalue weighted by atomic mass is 15.3. The number of nitrogens with zero attached hydrogens (tertiary/aromatic N) is 4. The quantitative estimate of drug-likeness (QED) is 0.618. The van der Waals surface area contributed by atoms with E-state index in [0.717, 1.165) is 24.4 Å². The highest BCUT2D eigenvalue weighted by Gasteiger charge is 2.22. The monoisotopic (exact) mass is 188 g/mol. The lowest BCUT2D eigenvalue weighted by Crippen LogP contribution is -2.10. The Morgan fingerprint density at radius 1 is 1.36 bits per heavy atom. The number of rotatable bonds is 0. The van der Waals surface area contributed by atoms with Gasteiger partial charge in [-0.2, -0.15) is 5.10 Å². The first-order chi connectivity index (χ1) is 6.75. The molecule has 0 fully saturated rings. The van der Waals surface area contributed by atoms with Crippen LogP contribution in [0.3, 0.4) is 0 Å². The number of aromatic nitrogens is 3. The molecule has 4 nitrogen and oxygen atoms in total. The van der Waals surface area contributed by atoms with Crippen LogP contribution in [0.4, 0.5) is 0 Å². The molecule has 3 heterocycles. The molecule has 0 N–H and O–H groups in total. The predicted molar refractivity (Wildman–Crippen MR) is 52.9 cm³/mol. The molecule has 0 unspecified atom stereocenters. The second kappa shape index (κ2) is 2.54. The van der Waals surface area contributed by atoms with Crippen molar-refractivity contribution in [3.63, 3.8) is 0 Å². The zero-order chi connectivity index (χ0) is 9.71. The Labute approximate surface area is 82.2 Å². The van der Waals surface area contributed by atoms with Crippen molar-refractivity contribution < 1.29 is 0 Å². The van der Waals surface area contributed by atoms with Gasteiger partial charge in [-0.25, -0.2) is 9.50 Å². The molecule has 0 saturated carbocycles. The summed E-state index contributed by atoms with van der Waals surface area (Å²) in [5.41, 5.74) is 4.63. The number of hydrogen-bond acceptors (Lipinski definition) is 3. The van der Waals surface area contributed by atoms with Gasteiger partial charge in [0, 0.05) is 30.5 Å². The Bertz CT molecular complexity index is 500. The van der Waals surface area contributed by atoms with E-state index in [-0.39, 0.29) is 0 Å². The van der Waals surface area contributed by atoms with Gasteiger partial charge in [0.25, 0.3) is 0 Å². The van der Waals surface area contributed by atoms with Crippen LogP contribution < -0.4 is 0 Å². The van der Waals surface area contributed by atoms with Gasteiger partial charge >= 0.3 is 0 Å². The molecule has 2 aromatic heterocycles. The third-order valence-corrected chi connectivity index (χ3v) is 2.73. The maximum atomic E-state index is 4.56. The highest BCUT2D eigenvalue weighted by Crippen LogP contribution is 2.23. The van der Waals surface area contributed by atoms with Crippen molar-refractivity contribution in [3.05, 3.63) is 29.2 Å². The molecule has 0 spiro atoms. The topological polar surface area (TPSA) is 33.4 Å². The fourth-order valence-corrected chi connectivity index (χ4v) is 2.02. The smallest absolute Gasteiger partial charge is 0.160 e. The summed E-state index contributed by atoms with van der Waals surface area (Å²) in [7, 11) is 2.11. The van der Waals surface area contributed by atoms with Crippen molar-refractivity contribution in [2.45, 2.75) is 20.0 Å². The van der Waals surface area contributed by atoms with E-state index in [0.29, 0.717) is 0 Å². The molecule has 0 saturated heterocycles. The van der Waals surface area contributed by atoms with Crippen LogP contribution in [0.15, 0.2) is 12.3 Å². The van der Waals surface area contributed by atoms with E-state index in [1.54, 1.807) is 0 Å². The summed E-state index contributed by atoms with van der Waals surface area (Å²) < 4.78 is 1.94. The molecule has 0 aliphatic carbocycles. The molecule has 14 heavy (non-hydrogen) atoms. The zero-order valence-electron chi connectivity index (χ0n) is 8.36. The highest BCUT2D eigenvalue weighted by molar-refractivity contribution is 5.52. The molecule has 0 bridgehead atoms. The van der Waals surface area contributed by atoms with Gasteiger partial charge in [0.05, 0.1) is 5.69 Å². The Hall–Kier alpha value is -1.42.